The van der Waals surface area contributed by atoms with E-state index in [-0.39, 0.29) is 0 Å². The number of halogens is 1. The fraction of sp³-hybridized carbons (Fsp3) is 0.333. The zero-order chi connectivity index (χ0) is 14.5. The van der Waals surface area contributed by atoms with Gasteiger partial charge in [0.2, 0.25) is 0 Å². The van der Waals surface area contributed by atoms with Crippen molar-refractivity contribution in [1.82, 2.24) is 5.32 Å². The van der Waals surface area contributed by atoms with E-state index in [1.54, 1.807) is 0 Å². The molecule has 0 saturated heterocycles. The van der Waals surface area contributed by atoms with Crippen molar-refractivity contribution in [3.8, 4) is 11.1 Å². The molecule has 1 unspecified atom stereocenters. The smallest absolute Gasteiger partial charge is 0.0441 e. The highest BCUT2D eigenvalue weighted by Crippen LogP contribution is 2.30. The van der Waals surface area contributed by atoms with E-state index in [9.17, 15) is 0 Å². The molecule has 2 aromatic rings. The first-order valence-electron chi connectivity index (χ1n) is 7.22. The summed E-state index contributed by atoms with van der Waals surface area (Å²) >= 11 is 6.26. The molecule has 0 saturated carbocycles. The maximum absolute atomic E-state index is 6.26. The highest BCUT2D eigenvalue weighted by Gasteiger charge is 2.11. The molecule has 0 aliphatic rings. The zero-order valence-electron chi connectivity index (χ0n) is 12.4. The van der Waals surface area contributed by atoms with E-state index in [0.29, 0.717) is 6.04 Å². The largest absolute Gasteiger partial charge is 0.310 e. The van der Waals surface area contributed by atoms with E-state index in [1.807, 2.05) is 6.92 Å². The molecule has 0 bridgehead atoms. The van der Waals surface area contributed by atoms with Gasteiger partial charge in [-0.25, -0.2) is 0 Å². The molecule has 0 fully saturated rings. The average Bonchev–Trinajstić information content (AvgIpc) is 2.47. The molecule has 2 heteroatoms. The third kappa shape index (κ3) is 3.41. The van der Waals surface area contributed by atoms with Crippen molar-refractivity contribution in [3.63, 3.8) is 0 Å². The van der Waals surface area contributed by atoms with Crippen LogP contribution in [0.15, 0.2) is 42.5 Å². The maximum Gasteiger partial charge on any atom is 0.0441 e. The van der Waals surface area contributed by atoms with Crippen molar-refractivity contribution >= 4 is 11.6 Å². The third-order valence-corrected chi connectivity index (χ3v) is 4.02. The Labute approximate surface area is 127 Å². The lowest BCUT2D eigenvalue weighted by atomic mass is 9.95. The minimum atomic E-state index is 0.339. The Morgan fingerprint density at radius 2 is 1.90 bits per heavy atom. The van der Waals surface area contributed by atoms with Gasteiger partial charge in [-0.2, -0.15) is 0 Å². The summed E-state index contributed by atoms with van der Waals surface area (Å²) in [6.45, 7) is 7.46. The number of hydrogen-bond donors (Lipinski definition) is 1. The van der Waals surface area contributed by atoms with Crippen LogP contribution >= 0.6 is 11.6 Å². The minimum Gasteiger partial charge on any atom is -0.310 e. The summed E-state index contributed by atoms with van der Waals surface area (Å²) in [6.07, 6.45) is 1.14. The Morgan fingerprint density at radius 3 is 2.60 bits per heavy atom. The molecular formula is C18H22ClN. The summed E-state index contributed by atoms with van der Waals surface area (Å²) in [5.74, 6) is 0. The predicted molar refractivity (Wildman–Crippen MR) is 88.3 cm³/mol. The Hall–Kier alpha value is -1.31. The van der Waals surface area contributed by atoms with Crippen LogP contribution < -0.4 is 5.32 Å². The monoisotopic (exact) mass is 287 g/mol. The van der Waals surface area contributed by atoms with E-state index >= 15 is 0 Å². The van der Waals surface area contributed by atoms with Gasteiger partial charge in [-0.05, 0) is 55.1 Å². The van der Waals surface area contributed by atoms with Crippen LogP contribution in [0, 0.1) is 6.92 Å². The van der Waals surface area contributed by atoms with Gasteiger partial charge in [0.1, 0.15) is 0 Å². The minimum absolute atomic E-state index is 0.339. The summed E-state index contributed by atoms with van der Waals surface area (Å²) in [5.41, 5.74) is 4.87. The average molecular weight is 288 g/mol. The lowest BCUT2D eigenvalue weighted by Gasteiger charge is -2.18. The fourth-order valence-corrected chi connectivity index (χ4v) is 2.55. The Morgan fingerprint density at radius 1 is 1.15 bits per heavy atom. The molecule has 0 aliphatic carbocycles. The molecule has 0 aromatic heterocycles. The molecule has 2 rings (SSSR count). The number of hydrogen-bond acceptors (Lipinski definition) is 1. The van der Waals surface area contributed by atoms with Gasteiger partial charge in [-0.3, -0.25) is 0 Å². The van der Waals surface area contributed by atoms with Gasteiger partial charge in [0, 0.05) is 11.1 Å². The van der Waals surface area contributed by atoms with Gasteiger partial charge in [-0.15, -0.1) is 0 Å². The molecule has 1 atom stereocenters. The van der Waals surface area contributed by atoms with Crippen LogP contribution in [0.2, 0.25) is 5.02 Å². The van der Waals surface area contributed by atoms with Crippen molar-refractivity contribution in [2.75, 3.05) is 6.54 Å². The van der Waals surface area contributed by atoms with E-state index < -0.39 is 0 Å². The SMILES string of the molecule is CCCNC(C)c1ccccc1-c1ccc(C)c(Cl)c1. The van der Waals surface area contributed by atoms with Crippen LogP contribution in [-0.4, -0.2) is 6.54 Å². The van der Waals surface area contributed by atoms with Gasteiger partial charge < -0.3 is 5.32 Å². The standard InChI is InChI=1S/C18H22ClN/c1-4-11-20-14(3)16-7-5-6-8-17(16)15-10-9-13(2)18(19)12-15/h5-10,12,14,20H,4,11H2,1-3H3. The zero-order valence-corrected chi connectivity index (χ0v) is 13.2. The van der Waals surface area contributed by atoms with Crippen LogP contribution in [0.4, 0.5) is 0 Å². The van der Waals surface area contributed by atoms with Crippen LogP contribution in [0.25, 0.3) is 11.1 Å². The molecule has 0 amide bonds. The van der Waals surface area contributed by atoms with E-state index in [4.69, 9.17) is 11.6 Å². The fourth-order valence-electron chi connectivity index (χ4n) is 2.37. The molecule has 2 aromatic carbocycles. The van der Waals surface area contributed by atoms with E-state index in [1.165, 1.54) is 16.7 Å². The molecule has 0 spiro atoms. The molecule has 1 nitrogen and oxygen atoms in total. The van der Waals surface area contributed by atoms with Crippen molar-refractivity contribution < 1.29 is 0 Å². The van der Waals surface area contributed by atoms with Crippen molar-refractivity contribution in [3.05, 3.63) is 58.6 Å². The number of aryl methyl sites for hydroxylation is 1. The first-order valence-corrected chi connectivity index (χ1v) is 7.60. The molecular weight excluding hydrogens is 266 g/mol. The third-order valence-electron chi connectivity index (χ3n) is 3.61. The normalized spacial score (nSPS) is 12.4. The molecule has 0 radical (unpaired) electrons. The lowest BCUT2D eigenvalue weighted by Crippen LogP contribution is -2.19. The molecule has 1 N–H and O–H groups in total. The first kappa shape index (κ1) is 15.1. The Balaban J connectivity index is 2.38. The second-order valence-corrected chi connectivity index (χ2v) is 5.63. The number of benzene rings is 2. The molecule has 0 heterocycles. The molecule has 106 valence electrons. The van der Waals surface area contributed by atoms with E-state index in [2.05, 4.69) is 61.6 Å². The molecule has 0 aliphatic heterocycles. The van der Waals surface area contributed by atoms with Gasteiger partial charge >= 0.3 is 0 Å². The second-order valence-electron chi connectivity index (χ2n) is 5.23. The van der Waals surface area contributed by atoms with Crippen LogP contribution in [-0.2, 0) is 0 Å². The summed E-state index contributed by atoms with van der Waals surface area (Å²) in [5, 5.41) is 4.38. The van der Waals surface area contributed by atoms with Gasteiger partial charge in [0.05, 0.1) is 0 Å². The highest BCUT2D eigenvalue weighted by atomic mass is 35.5. The number of rotatable bonds is 5. The maximum atomic E-state index is 6.26. The Kier molecular flexibility index (Phi) is 5.22. The first-order chi connectivity index (χ1) is 9.63. The predicted octanol–water partition coefficient (Wildman–Crippen LogP) is 5.38. The topological polar surface area (TPSA) is 12.0 Å². The van der Waals surface area contributed by atoms with E-state index in [0.717, 1.165) is 23.6 Å². The van der Waals surface area contributed by atoms with Crippen molar-refractivity contribution in [2.45, 2.75) is 33.2 Å². The highest BCUT2D eigenvalue weighted by molar-refractivity contribution is 6.31. The van der Waals surface area contributed by atoms with Gasteiger partial charge in [0.15, 0.2) is 0 Å². The lowest BCUT2D eigenvalue weighted by molar-refractivity contribution is 0.572. The quantitative estimate of drug-likeness (QED) is 0.779. The van der Waals surface area contributed by atoms with Gasteiger partial charge in [0.25, 0.3) is 0 Å². The summed E-state index contributed by atoms with van der Waals surface area (Å²) in [4.78, 5) is 0. The summed E-state index contributed by atoms with van der Waals surface area (Å²) in [6, 6.07) is 15.2. The van der Waals surface area contributed by atoms with Crippen molar-refractivity contribution in [2.24, 2.45) is 0 Å². The van der Waals surface area contributed by atoms with Crippen LogP contribution in [0.1, 0.15) is 37.4 Å². The second kappa shape index (κ2) is 6.92. The summed E-state index contributed by atoms with van der Waals surface area (Å²) < 4.78 is 0. The summed E-state index contributed by atoms with van der Waals surface area (Å²) in [7, 11) is 0. The van der Waals surface area contributed by atoms with Gasteiger partial charge in [-0.1, -0.05) is 54.9 Å². The molecule has 20 heavy (non-hydrogen) atoms. The van der Waals surface area contributed by atoms with Crippen LogP contribution in [0.5, 0.6) is 0 Å². The van der Waals surface area contributed by atoms with Crippen LogP contribution in [0.3, 0.4) is 0 Å². The Bertz CT molecular complexity index is 577. The number of nitrogens with one attached hydrogen (secondary N) is 1. The van der Waals surface area contributed by atoms with Crippen molar-refractivity contribution in [1.29, 1.82) is 0 Å².